The van der Waals surface area contributed by atoms with Crippen molar-refractivity contribution in [2.45, 2.75) is 64.1 Å². The molecule has 1 aliphatic rings. The van der Waals surface area contributed by atoms with Crippen LogP contribution in [0.3, 0.4) is 0 Å². The zero-order valence-electron chi connectivity index (χ0n) is 11.9. The second kappa shape index (κ2) is 7.73. The molecule has 0 heterocycles. The van der Waals surface area contributed by atoms with Crippen LogP contribution in [0.2, 0.25) is 0 Å². The minimum atomic E-state index is -0.400. The second-order valence-corrected chi connectivity index (χ2v) is 5.28. The number of nitrogens with one attached hydrogen (secondary N) is 1. The Hall–Kier alpha value is -0.630. The maximum atomic E-state index is 9.43. The minimum absolute atomic E-state index is 0.185. The van der Waals surface area contributed by atoms with Crippen molar-refractivity contribution in [2.24, 2.45) is 0 Å². The smallest absolute Gasteiger partial charge is 0.109 e. The first-order valence-electron chi connectivity index (χ1n) is 7.00. The molecule has 4 nitrogen and oxygen atoms in total. The van der Waals surface area contributed by atoms with E-state index >= 15 is 0 Å². The zero-order chi connectivity index (χ0) is 13.4. The maximum Gasteiger partial charge on any atom is 0.109 e. The summed E-state index contributed by atoms with van der Waals surface area (Å²) >= 11 is 0. The lowest BCUT2D eigenvalue weighted by atomic mass is 9.80. The average molecular weight is 254 g/mol. The highest BCUT2D eigenvalue weighted by molar-refractivity contribution is 5.10. The molecular formula is C14H26N2O2. The molecule has 2 atom stereocenters. The van der Waals surface area contributed by atoms with Gasteiger partial charge in [-0.3, -0.25) is 5.32 Å². The molecule has 0 spiro atoms. The van der Waals surface area contributed by atoms with Crippen molar-refractivity contribution in [3.63, 3.8) is 0 Å². The molecular weight excluding hydrogens is 228 g/mol. The zero-order valence-corrected chi connectivity index (χ0v) is 11.9. The van der Waals surface area contributed by atoms with Gasteiger partial charge in [-0.2, -0.15) is 5.26 Å². The summed E-state index contributed by atoms with van der Waals surface area (Å²) in [6.07, 6.45) is 3.99. The molecule has 0 amide bonds. The van der Waals surface area contributed by atoms with E-state index in [0.717, 1.165) is 32.3 Å². The first kappa shape index (κ1) is 15.4. The van der Waals surface area contributed by atoms with E-state index in [9.17, 15) is 5.26 Å². The van der Waals surface area contributed by atoms with E-state index in [-0.39, 0.29) is 6.10 Å². The molecule has 0 radical (unpaired) electrons. The number of hydrogen-bond acceptors (Lipinski definition) is 4. The monoisotopic (exact) mass is 254 g/mol. The summed E-state index contributed by atoms with van der Waals surface area (Å²) in [5.74, 6) is 0. The van der Waals surface area contributed by atoms with E-state index in [0.29, 0.717) is 19.3 Å². The highest BCUT2D eigenvalue weighted by atomic mass is 16.5. The van der Waals surface area contributed by atoms with Gasteiger partial charge in [-0.05, 0) is 40.0 Å². The van der Waals surface area contributed by atoms with Crippen LogP contribution in [-0.4, -0.2) is 37.5 Å². The highest BCUT2D eigenvalue weighted by Gasteiger charge is 2.37. The molecule has 0 aliphatic heterocycles. The Bertz CT molecular complexity index is 275. The fourth-order valence-corrected chi connectivity index (χ4v) is 2.60. The van der Waals surface area contributed by atoms with Gasteiger partial charge in [-0.1, -0.05) is 0 Å². The first-order valence-corrected chi connectivity index (χ1v) is 7.00. The van der Waals surface area contributed by atoms with Gasteiger partial charge in [0.25, 0.3) is 0 Å². The molecule has 18 heavy (non-hydrogen) atoms. The third-order valence-corrected chi connectivity index (χ3v) is 3.27. The van der Waals surface area contributed by atoms with Crippen molar-refractivity contribution >= 4 is 0 Å². The molecule has 0 bridgehead atoms. The second-order valence-electron chi connectivity index (χ2n) is 5.28. The van der Waals surface area contributed by atoms with Crippen molar-refractivity contribution in [2.75, 3.05) is 19.8 Å². The Morgan fingerprint density at radius 2 is 2.22 bits per heavy atom. The third kappa shape index (κ3) is 4.93. The number of rotatable bonds is 7. The molecule has 104 valence electrons. The van der Waals surface area contributed by atoms with E-state index in [4.69, 9.17) is 9.47 Å². The lowest BCUT2D eigenvalue weighted by molar-refractivity contribution is -0.0211. The predicted molar refractivity (Wildman–Crippen MR) is 71.3 cm³/mol. The van der Waals surface area contributed by atoms with Crippen molar-refractivity contribution in [3.8, 4) is 6.07 Å². The van der Waals surface area contributed by atoms with Crippen LogP contribution < -0.4 is 5.32 Å². The largest absolute Gasteiger partial charge is 0.379 e. The van der Waals surface area contributed by atoms with Gasteiger partial charge in [0, 0.05) is 19.1 Å². The Labute approximate surface area is 111 Å². The molecule has 4 heteroatoms. The number of nitrogens with zero attached hydrogens (tertiary/aromatic N) is 1. The lowest BCUT2D eigenvalue weighted by Crippen LogP contribution is -2.52. The summed E-state index contributed by atoms with van der Waals surface area (Å²) in [5, 5.41) is 12.8. The minimum Gasteiger partial charge on any atom is -0.379 e. The molecule has 0 aromatic rings. The summed E-state index contributed by atoms with van der Waals surface area (Å²) in [6, 6.07) is 2.78. The van der Waals surface area contributed by atoms with Crippen molar-refractivity contribution < 1.29 is 9.47 Å². The standard InChI is InChI=1S/C14H26N2O2/c1-4-17-8-9-18-13-6-5-7-14(10-13,11-15)16-12(2)3/h12-13,16H,4-10H2,1-3H3. The van der Waals surface area contributed by atoms with Crippen LogP contribution in [0.25, 0.3) is 0 Å². The summed E-state index contributed by atoms with van der Waals surface area (Å²) < 4.78 is 11.1. The van der Waals surface area contributed by atoms with Crippen LogP contribution >= 0.6 is 0 Å². The van der Waals surface area contributed by atoms with Gasteiger partial charge in [-0.15, -0.1) is 0 Å². The van der Waals surface area contributed by atoms with Crippen LogP contribution in [0, 0.1) is 11.3 Å². The van der Waals surface area contributed by atoms with E-state index in [1.807, 2.05) is 6.92 Å². The van der Waals surface area contributed by atoms with Crippen LogP contribution in [0.1, 0.15) is 46.5 Å². The van der Waals surface area contributed by atoms with Gasteiger partial charge in [-0.25, -0.2) is 0 Å². The van der Waals surface area contributed by atoms with E-state index in [2.05, 4.69) is 25.2 Å². The Balaban J connectivity index is 2.41. The van der Waals surface area contributed by atoms with Gasteiger partial charge in [0.2, 0.25) is 0 Å². The normalized spacial score (nSPS) is 28.3. The lowest BCUT2D eigenvalue weighted by Gasteiger charge is -2.37. The number of nitriles is 1. The molecule has 0 aromatic heterocycles. The Morgan fingerprint density at radius 1 is 1.44 bits per heavy atom. The van der Waals surface area contributed by atoms with Gasteiger partial charge in [0.15, 0.2) is 0 Å². The summed E-state index contributed by atoms with van der Waals surface area (Å²) in [4.78, 5) is 0. The molecule has 0 saturated heterocycles. The van der Waals surface area contributed by atoms with E-state index in [1.165, 1.54) is 0 Å². The van der Waals surface area contributed by atoms with Crippen molar-refractivity contribution in [3.05, 3.63) is 0 Å². The quantitative estimate of drug-likeness (QED) is 0.708. The fraction of sp³-hybridized carbons (Fsp3) is 0.929. The van der Waals surface area contributed by atoms with Gasteiger partial charge >= 0.3 is 0 Å². The summed E-state index contributed by atoms with van der Waals surface area (Å²) in [7, 11) is 0. The Kier molecular flexibility index (Phi) is 6.62. The van der Waals surface area contributed by atoms with Gasteiger partial charge < -0.3 is 9.47 Å². The summed E-state index contributed by atoms with van der Waals surface area (Å²) in [5.41, 5.74) is -0.400. The molecule has 1 fully saturated rings. The molecule has 0 aromatic carbocycles. The average Bonchev–Trinajstić information content (AvgIpc) is 2.34. The van der Waals surface area contributed by atoms with Crippen LogP contribution in [-0.2, 0) is 9.47 Å². The van der Waals surface area contributed by atoms with Crippen LogP contribution in [0.15, 0.2) is 0 Å². The fourth-order valence-electron chi connectivity index (χ4n) is 2.60. The summed E-state index contributed by atoms with van der Waals surface area (Å²) in [6.45, 7) is 8.14. The highest BCUT2D eigenvalue weighted by Crippen LogP contribution is 2.30. The van der Waals surface area contributed by atoms with Gasteiger partial charge in [0.1, 0.15) is 5.54 Å². The number of hydrogen-bond donors (Lipinski definition) is 1. The number of ether oxygens (including phenoxy) is 2. The molecule has 1 saturated carbocycles. The van der Waals surface area contributed by atoms with Crippen molar-refractivity contribution in [1.82, 2.24) is 5.32 Å². The Morgan fingerprint density at radius 3 is 2.83 bits per heavy atom. The van der Waals surface area contributed by atoms with Crippen LogP contribution in [0.4, 0.5) is 0 Å². The SMILES string of the molecule is CCOCCOC1CCCC(C#N)(NC(C)C)C1. The molecule has 1 N–H and O–H groups in total. The molecule has 1 rings (SSSR count). The van der Waals surface area contributed by atoms with Crippen LogP contribution in [0.5, 0.6) is 0 Å². The maximum absolute atomic E-state index is 9.43. The van der Waals surface area contributed by atoms with Crippen molar-refractivity contribution in [1.29, 1.82) is 5.26 Å². The topological polar surface area (TPSA) is 54.3 Å². The third-order valence-electron chi connectivity index (χ3n) is 3.27. The predicted octanol–water partition coefficient (Wildman–Crippen LogP) is 2.24. The van der Waals surface area contributed by atoms with Gasteiger partial charge in [0.05, 0.1) is 25.4 Å². The first-order chi connectivity index (χ1) is 8.62. The molecule has 1 aliphatic carbocycles. The van der Waals surface area contributed by atoms with E-state index in [1.54, 1.807) is 0 Å². The van der Waals surface area contributed by atoms with E-state index < -0.39 is 5.54 Å². The molecule has 2 unspecified atom stereocenters.